The van der Waals surface area contributed by atoms with Crippen LogP contribution in [0.3, 0.4) is 0 Å². The van der Waals surface area contributed by atoms with Crippen molar-refractivity contribution >= 4 is 11.6 Å². The van der Waals surface area contributed by atoms with Gasteiger partial charge >= 0.3 is 0 Å². The fourth-order valence-corrected chi connectivity index (χ4v) is 2.72. The van der Waals surface area contributed by atoms with Gasteiger partial charge in [-0.15, -0.1) is 0 Å². The van der Waals surface area contributed by atoms with E-state index in [1.165, 1.54) is 24.0 Å². The number of fused-ring (bicyclic) bond motifs is 2. The van der Waals surface area contributed by atoms with E-state index in [0.29, 0.717) is 0 Å². The topological polar surface area (TPSA) is 12.5 Å². The number of benzene rings is 1. The minimum Gasteiger partial charge on any atom is -0.344 e. The second-order valence-electron chi connectivity index (χ2n) is 3.83. The Kier molecular flexibility index (Phi) is 1.50. The number of halogens is 1. The predicted octanol–water partition coefficient (Wildman–Crippen LogP) is 2.81. The molecular weight excluding hydrogens is 184 g/mol. The zero-order valence-corrected chi connectivity index (χ0v) is 8.05. The summed E-state index contributed by atoms with van der Waals surface area (Å²) < 4.78 is 5.54. The van der Waals surface area contributed by atoms with E-state index in [9.17, 15) is 0 Å². The molecule has 1 aromatic rings. The maximum absolute atomic E-state index is 6.03. The highest BCUT2D eigenvalue weighted by atomic mass is 35.5. The monoisotopic (exact) mass is 194 g/mol. The van der Waals surface area contributed by atoms with Gasteiger partial charge in [0, 0.05) is 0 Å². The Labute approximate surface area is 82.7 Å². The fraction of sp³-hybridized carbons (Fsp3) is 0.455. The van der Waals surface area contributed by atoms with E-state index < -0.39 is 0 Å². The van der Waals surface area contributed by atoms with E-state index in [-0.39, 0.29) is 11.2 Å². The molecule has 13 heavy (non-hydrogen) atoms. The van der Waals surface area contributed by atoms with Crippen molar-refractivity contribution in [1.29, 1.82) is 0 Å². The molecule has 1 spiro atoms. The Morgan fingerprint density at radius 2 is 2.15 bits per heavy atom. The normalized spacial score (nSPS) is 35.9. The van der Waals surface area contributed by atoms with Gasteiger partial charge in [-0.25, -0.2) is 0 Å². The summed E-state index contributed by atoms with van der Waals surface area (Å²) in [5.74, 6) is 0. The summed E-state index contributed by atoms with van der Waals surface area (Å²) in [7, 11) is 0. The lowest BCUT2D eigenvalue weighted by atomic mass is 9.83. The van der Waals surface area contributed by atoms with Crippen molar-refractivity contribution in [2.45, 2.75) is 30.4 Å². The zero-order valence-electron chi connectivity index (χ0n) is 7.29. The molecule has 0 N–H and O–H groups in total. The van der Waals surface area contributed by atoms with E-state index in [1.54, 1.807) is 0 Å². The molecule has 0 amide bonds. The third kappa shape index (κ3) is 0.976. The molecular formula is C11H11ClO. The molecule has 0 bridgehead atoms. The van der Waals surface area contributed by atoms with Crippen LogP contribution in [0.25, 0.3) is 0 Å². The molecule has 1 aromatic carbocycles. The summed E-state index contributed by atoms with van der Waals surface area (Å²) in [6.45, 7) is 0. The summed E-state index contributed by atoms with van der Waals surface area (Å²) in [6, 6.07) is 8.49. The van der Waals surface area contributed by atoms with E-state index in [0.717, 1.165) is 6.42 Å². The Morgan fingerprint density at radius 1 is 1.38 bits per heavy atom. The lowest BCUT2D eigenvalue weighted by molar-refractivity contribution is 0.275. The van der Waals surface area contributed by atoms with Gasteiger partial charge in [0.2, 0.25) is 0 Å². The van der Waals surface area contributed by atoms with Crippen molar-refractivity contribution in [3.05, 3.63) is 35.4 Å². The largest absolute Gasteiger partial charge is 0.344 e. The number of ether oxygens (including phenoxy) is 1. The summed E-state index contributed by atoms with van der Waals surface area (Å²) in [6.07, 6.45) is 3.45. The molecule has 2 aliphatic rings. The molecule has 1 heterocycles. The lowest BCUT2D eigenvalue weighted by Gasteiger charge is -2.21. The van der Waals surface area contributed by atoms with Crippen LogP contribution in [-0.4, -0.2) is 5.56 Å². The average molecular weight is 195 g/mol. The van der Waals surface area contributed by atoms with Crippen molar-refractivity contribution in [2.75, 3.05) is 0 Å². The van der Waals surface area contributed by atoms with Gasteiger partial charge in [0.05, 0.1) is 0 Å². The first-order valence-corrected chi connectivity index (χ1v) is 5.17. The number of aryl methyl sites for hydroxylation is 1. The maximum Gasteiger partial charge on any atom is 0.165 e. The minimum atomic E-state index is -0.115. The van der Waals surface area contributed by atoms with Crippen molar-refractivity contribution in [3.63, 3.8) is 0 Å². The third-order valence-electron chi connectivity index (χ3n) is 3.09. The molecule has 1 fully saturated rings. The maximum atomic E-state index is 6.03. The van der Waals surface area contributed by atoms with Crippen LogP contribution in [0.15, 0.2) is 24.3 Å². The average Bonchev–Trinajstić information content (AvgIpc) is 2.79. The Hall–Kier alpha value is -0.530. The van der Waals surface area contributed by atoms with Crippen LogP contribution in [0.4, 0.5) is 0 Å². The molecule has 1 aliphatic heterocycles. The molecule has 0 saturated carbocycles. The van der Waals surface area contributed by atoms with Crippen LogP contribution in [0, 0.1) is 0 Å². The van der Waals surface area contributed by atoms with Gasteiger partial charge in [0.15, 0.2) is 5.56 Å². The number of alkyl halides is 1. The first-order valence-electron chi connectivity index (χ1n) is 4.73. The molecule has 1 nitrogen and oxygen atoms in total. The third-order valence-corrected chi connectivity index (χ3v) is 3.53. The zero-order chi connectivity index (χ0) is 8.89. The molecule has 2 heteroatoms. The Morgan fingerprint density at radius 3 is 2.92 bits per heavy atom. The molecule has 68 valence electrons. The van der Waals surface area contributed by atoms with Crippen LogP contribution in [-0.2, 0) is 16.8 Å². The molecule has 0 radical (unpaired) electrons. The smallest absolute Gasteiger partial charge is 0.165 e. The summed E-state index contributed by atoms with van der Waals surface area (Å²) in [5.41, 5.74) is 2.53. The molecule has 2 atom stereocenters. The highest BCUT2D eigenvalue weighted by molar-refractivity contribution is 6.22. The number of hydrogen-bond acceptors (Lipinski definition) is 1. The SMILES string of the molecule is ClC1O[C@@]12CCCc1ccccc12. The highest BCUT2D eigenvalue weighted by Gasteiger charge is 2.58. The lowest BCUT2D eigenvalue weighted by Crippen LogP contribution is -2.18. The van der Waals surface area contributed by atoms with E-state index in [4.69, 9.17) is 16.3 Å². The van der Waals surface area contributed by atoms with Gasteiger partial charge in [0.1, 0.15) is 5.60 Å². The molecule has 3 rings (SSSR count). The van der Waals surface area contributed by atoms with Crippen LogP contribution < -0.4 is 0 Å². The van der Waals surface area contributed by atoms with Gasteiger partial charge in [-0.05, 0) is 30.4 Å². The van der Waals surface area contributed by atoms with Crippen LogP contribution in [0.2, 0.25) is 0 Å². The number of rotatable bonds is 0. The highest BCUT2D eigenvalue weighted by Crippen LogP contribution is 2.55. The van der Waals surface area contributed by atoms with E-state index in [1.807, 2.05) is 0 Å². The van der Waals surface area contributed by atoms with E-state index >= 15 is 0 Å². The first kappa shape index (κ1) is 7.84. The summed E-state index contributed by atoms with van der Waals surface area (Å²) >= 11 is 6.03. The number of epoxide rings is 1. The van der Waals surface area contributed by atoms with E-state index in [2.05, 4.69) is 24.3 Å². The van der Waals surface area contributed by atoms with Crippen molar-refractivity contribution < 1.29 is 4.74 Å². The van der Waals surface area contributed by atoms with Crippen molar-refractivity contribution in [3.8, 4) is 0 Å². The van der Waals surface area contributed by atoms with Crippen molar-refractivity contribution in [2.24, 2.45) is 0 Å². The second kappa shape index (κ2) is 2.49. The second-order valence-corrected chi connectivity index (χ2v) is 4.23. The van der Waals surface area contributed by atoms with Gasteiger partial charge < -0.3 is 4.74 Å². The van der Waals surface area contributed by atoms with Gasteiger partial charge in [-0.3, -0.25) is 0 Å². The van der Waals surface area contributed by atoms with Gasteiger partial charge in [-0.2, -0.15) is 0 Å². The first-order chi connectivity index (χ1) is 6.33. The van der Waals surface area contributed by atoms with Crippen molar-refractivity contribution in [1.82, 2.24) is 0 Å². The standard InChI is InChI=1S/C11H11ClO/c12-10-11(13-10)7-3-5-8-4-1-2-6-9(8)11/h1-2,4,6,10H,3,5,7H2/t10?,11-/m1/s1. The molecule has 1 unspecified atom stereocenters. The Bertz CT molecular complexity index is 350. The molecule has 0 aromatic heterocycles. The fourth-order valence-electron chi connectivity index (χ4n) is 2.34. The van der Waals surface area contributed by atoms with Crippen LogP contribution in [0.5, 0.6) is 0 Å². The predicted molar refractivity (Wildman–Crippen MR) is 51.8 cm³/mol. The number of hydrogen-bond donors (Lipinski definition) is 0. The molecule has 1 saturated heterocycles. The molecule has 1 aliphatic carbocycles. The summed E-state index contributed by atoms with van der Waals surface area (Å²) in [4.78, 5) is 0. The van der Waals surface area contributed by atoms with Gasteiger partial charge in [-0.1, -0.05) is 35.9 Å². The van der Waals surface area contributed by atoms with Crippen LogP contribution in [0.1, 0.15) is 24.0 Å². The Balaban J connectivity index is 2.13. The quantitative estimate of drug-likeness (QED) is 0.457. The minimum absolute atomic E-state index is 0.0889. The summed E-state index contributed by atoms with van der Waals surface area (Å²) in [5, 5.41) is 0. The van der Waals surface area contributed by atoms with Crippen LogP contribution >= 0.6 is 11.6 Å². The van der Waals surface area contributed by atoms with Gasteiger partial charge in [0.25, 0.3) is 0 Å².